The van der Waals surface area contributed by atoms with E-state index in [1.54, 1.807) is 18.2 Å². The van der Waals surface area contributed by atoms with Gasteiger partial charge in [0.2, 0.25) is 15.0 Å². The largest absolute Gasteiger partial charge is 0.493 e. The van der Waals surface area contributed by atoms with Crippen molar-refractivity contribution in [3.63, 3.8) is 0 Å². The minimum absolute atomic E-state index is 0.0254. The number of ether oxygens (including phenoxy) is 3. The lowest BCUT2D eigenvalue weighted by Crippen LogP contribution is -2.14. The molecule has 0 saturated carbocycles. The molecule has 1 N–H and O–H groups in total. The highest BCUT2D eigenvalue weighted by Gasteiger charge is 2.20. The molecule has 1 aromatic heterocycles. The van der Waals surface area contributed by atoms with E-state index >= 15 is 0 Å². The summed E-state index contributed by atoms with van der Waals surface area (Å²) >= 11 is 0.716. The van der Waals surface area contributed by atoms with E-state index in [2.05, 4.69) is 20.7 Å². The van der Waals surface area contributed by atoms with Gasteiger partial charge in [0.25, 0.3) is 11.1 Å². The van der Waals surface area contributed by atoms with Gasteiger partial charge in [-0.25, -0.2) is 8.42 Å². The number of hydrogen-bond acceptors (Lipinski definition) is 10. The first-order valence-corrected chi connectivity index (χ1v) is 13.6. The zero-order valence-electron chi connectivity index (χ0n) is 20.8. The Labute approximate surface area is 219 Å². The number of nitrogens with one attached hydrogen (secondary N) is 1. The quantitative estimate of drug-likeness (QED) is 0.216. The molecule has 12 heteroatoms. The second-order valence-corrected chi connectivity index (χ2v) is 10.8. The van der Waals surface area contributed by atoms with Gasteiger partial charge in [-0.15, -0.1) is 0 Å². The number of carbonyl (C=O) groups is 1. The van der Waals surface area contributed by atoms with Crippen LogP contribution in [0.2, 0.25) is 0 Å². The number of rotatable bonds is 11. The molecule has 1 amide bonds. The zero-order valence-corrected chi connectivity index (χ0v) is 22.4. The van der Waals surface area contributed by atoms with Crippen LogP contribution in [-0.2, 0) is 14.6 Å². The van der Waals surface area contributed by atoms with Crippen molar-refractivity contribution in [1.29, 1.82) is 5.26 Å². The molecule has 0 fully saturated rings. The van der Waals surface area contributed by atoms with E-state index in [1.807, 2.05) is 32.0 Å². The van der Waals surface area contributed by atoms with Gasteiger partial charge in [0.05, 0.1) is 12.9 Å². The predicted octanol–water partition coefficient (Wildman–Crippen LogP) is 3.96. The molecule has 194 valence electrons. The maximum atomic E-state index is 12.5. The number of hydrogen-bond donors (Lipinski definition) is 1. The molecular weight excluding hydrogens is 516 g/mol. The minimum atomic E-state index is -3.60. The van der Waals surface area contributed by atoms with Crippen LogP contribution >= 0.6 is 11.5 Å². The van der Waals surface area contributed by atoms with Gasteiger partial charge in [-0.05, 0) is 60.9 Å². The summed E-state index contributed by atoms with van der Waals surface area (Å²) < 4.78 is 44.4. The van der Waals surface area contributed by atoms with Gasteiger partial charge in [0.1, 0.15) is 30.6 Å². The summed E-state index contributed by atoms with van der Waals surface area (Å²) in [7, 11) is -2.12. The zero-order chi connectivity index (χ0) is 27.0. The number of amides is 1. The van der Waals surface area contributed by atoms with Crippen LogP contribution in [0, 0.1) is 25.2 Å². The summed E-state index contributed by atoms with van der Waals surface area (Å²) in [5.74, 6) is 0.748. The normalized spacial score (nSPS) is 11.5. The van der Waals surface area contributed by atoms with Crippen LogP contribution < -0.4 is 19.5 Å². The Morgan fingerprint density at radius 3 is 2.46 bits per heavy atom. The van der Waals surface area contributed by atoms with Crippen molar-refractivity contribution in [2.24, 2.45) is 0 Å². The van der Waals surface area contributed by atoms with Gasteiger partial charge in [-0.1, -0.05) is 19.1 Å². The van der Waals surface area contributed by atoms with Crippen LogP contribution in [0.15, 0.2) is 47.1 Å². The maximum Gasteiger partial charge on any atom is 0.268 e. The average Bonchev–Trinajstić information content (AvgIpc) is 3.34. The van der Waals surface area contributed by atoms with Crippen molar-refractivity contribution in [2.75, 3.05) is 31.4 Å². The van der Waals surface area contributed by atoms with Gasteiger partial charge < -0.3 is 14.2 Å². The summed E-state index contributed by atoms with van der Waals surface area (Å²) in [5, 5.41) is 11.5. The number of anilines is 1. The minimum Gasteiger partial charge on any atom is -0.493 e. The number of sulfone groups is 1. The smallest absolute Gasteiger partial charge is 0.268 e. The maximum absolute atomic E-state index is 12.5. The first-order valence-electron chi connectivity index (χ1n) is 11.2. The highest BCUT2D eigenvalue weighted by atomic mass is 32.2. The molecule has 0 aliphatic rings. The molecule has 3 aromatic rings. The highest BCUT2D eigenvalue weighted by Crippen LogP contribution is 2.29. The summed E-state index contributed by atoms with van der Waals surface area (Å²) in [6.07, 6.45) is 1.37. The summed E-state index contributed by atoms with van der Waals surface area (Å²) in [5.41, 5.74) is 2.54. The van der Waals surface area contributed by atoms with Gasteiger partial charge in [-0.2, -0.15) is 14.6 Å². The third kappa shape index (κ3) is 7.52. The molecule has 0 saturated heterocycles. The van der Waals surface area contributed by atoms with E-state index < -0.39 is 15.7 Å². The monoisotopic (exact) mass is 542 g/mol. The molecule has 0 atom stereocenters. The second kappa shape index (κ2) is 12.3. The fourth-order valence-electron chi connectivity index (χ4n) is 3.22. The summed E-state index contributed by atoms with van der Waals surface area (Å²) in [4.78, 5) is 16.4. The van der Waals surface area contributed by atoms with E-state index in [0.717, 1.165) is 16.9 Å². The fraction of sp³-hybridized carbons (Fsp3) is 0.280. The Morgan fingerprint density at radius 2 is 1.81 bits per heavy atom. The molecule has 2 aromatic carbocycles. The van der Waals surface area contributed by atoms with Crippen LogP contribution in [0.3, 0.4) is 0 Å². The molecule has 1 heterocycles. The van der Waals surface area contributed by atoms with Crippen LogP contribution in [-0.4, -0.2) is 49.8 Å². The molecular formula is C25H26N4O6S2. The Bertz CT molecular complexity index is 1440. The van der Waals surface area contributed by atoms with E-state index in [0.29, 0.717) is 35.2 Å². The Hall–Kier alpha value is -3.95. The second-order valence-electron chi connectivity index (χ2n) is 7.84. The molecule has 37 heavy (non-hydrogen) atoms. The predicted molar refractivity (Wildman–Crippen MR) is 140 cm³/mol. The molecule has 0 aliphatic carbocycles. The Morgan fingerprint density at radius 1 is 1.11 bits per heavy atom. The van der Waals surface area contributed by atoms with Gasteiger partial charge >= 0.3 is 0 Å². The molecule has 10 nitrogen and oxygen atoms in total. The Kier molecular flexibility index (Phi) is 9.21. The van der Waals surface area contributed by atoms with E-state index in [-0.39, 0.29) is 28.2 Å². The van der Waals surface area contributed by atoms with Crippen LogP contribution in [0.25, 0.3) is 6.08 Å². The van der Waals surface area contributed by atoms with E-state index in [1.165, 1.54) is 20.1 Å². The van der Waals surface area contributed by atoms with Crippen molar-refractivity contribution in [3.8, 4) is 23.3 Å². The van der Waals surface area contributed by atoms with Crippen molar-refractivity contribution in [3.05, 3.63) is 58.7 Å². The SMILES string of the molecule is CCS(=O)(=O)c1nsc(NC(=O)C(C#N)=Cc2ccc(OCCOc3cc(C)cc(C)c3)c(OC)c2)n1. The number of methoxy groups -OCH3 is 1. The van der Waals surface area contributed by atoms with E-state index in [9.17, 15) is 18.5 Å². The highest BCUT2D eigenvalue weighted by molar-refractivity contribution is 7.91. The molecule has 0 spiro atoms. The number of aryl methyl sites for hydroxylation is 2. The number of nitriles is 1. The molecule has 0 radical (unpaired) electrons. The number of aromatic nitrogens is 2. The van der Waals surface area contributed by atoms with Crippen LogP contribution in [0.4, 0.5) is 5.13 Å². The topological polar surface area (TPSA) is 140 Å². The van der Waals surface area contributed by atoms with Crippen molar-refractivity contribution in [2.45, 2.75) is 25.9 Å². The molecule has 0 bridgehead atoms. The van der Waals surface area contributed by atoms with Crippen molar-refractivity contribution < 1.29 is 27.4 Å². The lowest BCUT2D eigenvalue weighted by molar-refractivity contribution is -0.112. The number of nitrogens with zero attached hydrogens (tertiary/aromatic N) is 3. The molecule has 0 unspecified atom stereocenters. The lowest BCUT2D eigenvalue weighted by Gasteiger charge is -2.13. The van der Waals surface area contributed by atoms with Crippen LogP contribution in [0.1, 0.15) is 23.6 Å². The third-order valence-electron chi connectivity index (χ3n) is 4.95. The van der Waals surface area contributed by atoms with Crippen molar-refractivity contribution in [1.82, 2.24) is 9.36 Å². The summed E-state index contributed by atoms with van der Waals surface area (Å²) in [6, 6.07) is 12.8. The van der Waals surface area contributed by atoms with Gasteiger partial charge in [0.15, 0.2) is 11.5 Å². The first kappa shape index (κ1) is 27.6. The molecule has 3 rings (SSSR count). The van der Waals surface area contributed by atoms with Gasteiger partial charge in [-0.3, -0.25) is 10.1 Å². The average molecular weight is 543 g/mol. The lowest BCUT2D eigenvalue weighted by atomic mass is 10.1. The number of benzene rings is 2. The standard InChI is InChI=1S/C25H26N4O6S2/c1-5-37(31,32)25-28-24(36-29-25)27-23(30)19(15-26)13-18-6-7-21(22(14-18)33-4)35-9-8-34-20-11-16(2)10-17(3)12-20/h6-7,10-14H,5,8-9H2,1-4H3,(H,27,28,29,30). The first-order chi connectivity index (χ1) is 17.6. The van der Waals surface area contributed by atoms with Gasteiger partial charge in [0, 0.05) is 11.5 Å². The van der Waals surface area contributed by atoms with Crippen LogP contribution in [0.5, 0.6) is 17.2 Å². The number of carbonyl (C=O) groups excluding carboxylic acids is 1. The Balaban J connectivity index is 1.65. The fourth-order valence-corrected chi connectivity index (χ4v) is 4.80. The molecule has 0 aliphatic heterocycles. The summed E-state index contributed by atoms with van der Waals surface area (Å²) in [6.45, 7) is 6.09. The third-order valence-corrected chi connectivity index (χ3v) is 7.20. The van der Waals surface area contributed by atoms with E-state index in [4.69, 9.17) is 14.2 Å². The van der Waals surface area contributed by atoms with Crippen molar-refractivity contribution >= 4 is 38.5 Å².